The third kappa shape index (κ3) is 2.96. The predicted molar refractivity (Wildman–Crippen MR) is 91.3 cm³/mol. The van der Waals surface area contributed by atoms with Gasteiger partial charge in [-0.3, -0.25) is 20.2 Å². The maximum absolute atomic E-state index is 12.4. The zero-order valence-electron chi connectivity index (χ0n) is 12.7. The first kappa shape index (κ1) is 15.3. The molecule has 0 saturated carbocycles. The highest BCUT2D eigenvalue weighted by atomic mass is 32.1. The van der Waals surface area contributed by atoms with Crippen molar-refractivity contribution in [3.63, 3.8) is 0 Å². The fourth-order valence-corrected chi connectivity index (χ4v) is 3.32. The molecule has 1 amide bonds. The summed E-state index contributed by atoms with van der Waals surface area (Å²) in [5.41, 5.74) is 0.562. The molecule has 25 heavy (non-hydrogen) atoms. The zero-order chi connectivity index (χ0) is 17.4. The second kappa shape index (κ2) is 6.02. The summed E-state index contributed by atoms with van der Waals surface area (Å²) in [4.78, 5) is 27.0. The molecule has 0 unspecified atom stereocenters. The van der Waals surface area contributed by atoms with Crippen LogP contribution in [-0.2, 0) is 4.79 Å². The van der Waals surface area contributed by atoms with Gasteiger partial charge in [-0.05, 0) is 18.2 Å². The minimum absolute atomic E-state index is 0.0188. The average Bonchev–Trinajstić information content (AvgIpc) is 3.02. The lowest BCUT2D eigenvalue weighted by atomic mass is 10.2. The van der Waals surface area contributed by atoms with Crippen molar-refractivity contribution in [2.45, 2.75) is 6.10 Å². The molecule has 2 aromatic carbocycles. The standard InChI is InChI=1S/C16H11N3O5S/c20-15(13-8-23-11-3-1-2-4-12(11)24-13)18-16-17-10-6-5-9(19(21)22)7-14(10)25-16/h1-7,13H,8H2,(H,17,18,20)/t13-/m0/s1. The smallest absolute Gasteiger partial charge is 0.270 e. The summed E-state index contributed by atoms with van der Waals surface area (Å²) < 4.78 is 11.8. The van der Waals surface area contributed by atoms with Crippen LogP contribution in [0.15, 0.2) is 42.5 Å². The molecule has 1 N–H and O–H groups in total. The lowest BCUT2D eigenvalue weighted by molar-refractivity contribution is -0.384. The van der Waals surface area contributed by atoms with Crippen LogP contribution in [-0.4, -0.2) is 28.5 Å². The molecule has 9 heteroatoms. The number of aromatic nitrogens is 1. The van der Waals surface area contributed by atoms with Crippen LogP contribution in [0, 0.1) is 10.1 Å². The van der Waals surface area contributed by atoms with Gasteiger partial charge in [-0.25, -0.2) is 4.98 Å². The Morgan fingerprint density at radius 1 is 1.28 bits per heavy atom. The topological polar surface area (TPSA) is 104 Å². The number of thiazole rings is 1. The molecule has 0 aliphatic carbocycles. The molecule has 0 fully saturated rings. The molecule has 0 saturated heterocycles. The Hall–Kier alpha value is -3.20. The fraction of sp³-hybridized carbons (Fsp3) is 0.125. The van der Waals surface area contributed by atoms with Gasteiger partial charge < -0.3 is 9.47 Å². The van der Waals surface area contributed by atoms with E-state index >= 15 is 0 Å². The number of hydrogen-bond donors (Lipinski definition) is 1. The first-order valence-electron chi connectivity index (χ1n) is 7.34. The Morgan fingerprint density at radius 3 is 2.88 bits per heavy atom. The summed E-state index contributed by atoms with van der Waals surface area (Å²) in [5, 5.41) is 13.9. The van der Waals surface area contributed by atoms with Crippen LogP contribution in [0.3, 0.4) is 0 Å². The highest BCUT2D eigenvalue weighted by molar-refractivity contribution is 7.22. The monoisotopic (exact) mass is 357 g/mol. The average molecular weight is 357 g/mol. The van der Waals surface area contributed by atoms with Crippen molar-refractivity contribution in [3.8, 4) is 11.5 Å². The number of fused-ring (bicyclic) bond motifs is 2. The van der Waals surface area contributed by atoms with Crippen molar-refractivity contribution < 1.29 is 19.2 Å². The number of nitro groups is 1. The van der Waals surface area contributed by atoms with Crippen molar-refractivity contribution in [2.24, 2.45) is 0 Å². The predicted octanol–water partition coefficient (Wildman–Crippen LogP) is 2.98. The Balaban J connectivity index is 1.51. The number of amides is 1. The molecule has 126 valence electrons. The Morgan fingerprint density at radius 2 is 2.08 bits per heavy atom. The number of anilines is 1. The summed E-state index contributed by atoms with van der Waals surface area (Å²) in [6, 6.07) is 11.5. The minimum atomic E-state index is -0.795. The van der Waals surface area contributed by atoms with Gasteiger partial charge in [-0.2, -0.15) is 0 Å². The van der Waals surface area contributed by atoms with Crippen LogP contribution in [0.1, 0.15) is 0 Å². The molecule has 0 spiro atoms. The molecule has 8 nitrogen and oxygen atoms in total. The molecule has 4 rings (SSSR count). The highest BCUT2D eigenvalue weighted by Crippen LogP contribution is 2.32. The molecule has 1 atom stereocenters. The van der Waals surface area contributed by atoms with Gasteiger partial charge in [0.05, 0.1) is 15.1 Å². The van der Waals surface area contributed by atoms with E-state index < -0.39 is 11.0 Å². The van der Waals surface area contributed by atoms with E-state index in [0.29, 0.717) is 26.8 Å². The van der Waals surface area contributed by atoms with E-state index in [4.69, 9.17) is 9.47 Å². The molecule has 0 bridgehead atoms. The molecular formula is C16H11N3O5S. The number of nitrogens with one attached hydrogen (secondary N) is 1. The Labute approximate surface area is 145 Å². The van der Waals surface area contributed by atoms with Gasteiger partial charge in [0.25, 0.3) is 11.6 Å². The van der Waals surface area contributed by atoms with Gasteiger partial charge >= 0.3 is 0 Å². The number of rotatable bonds is 3. The SMILES string of the molecule is O=C(Nc1nc2ccc([N+](=O)[O-])cc2s1)[C@@H]1COc2ccccc2O1. The van der Waals surface area contributed by atoms with Gasteiger partial charge in [-0.1, -0.05) is 23.5 Å². The van der Waals surface area contributed by atoms with Crippen LogP contribution >= 0.6 is 11.3 Å². The Kier molecular flexibility index (Phi) is 3.69. The van der Waals surface area contributed by atoms with Gasteiger partial charge in [0.15, 0.2) is 16.6 Å². The van der Waals surface area contributed by atoms with Crippen molar-refractivity contribution in [3.05, 3.63) is 52.6 Å². The summed E-state index contributed by atoms with van der Waals surface area (Å²) >= 11 is 1.16. The van der Waals surface area contributed by atoms with Crippen molar-refractivity contribution in [1.82, 2.24) is 4.98 Å². The van der Waals surface area contributed by atoms with Crippen LogP contribution in [0.2, 0.25) is 0 Å². The number of nitro benzene ring substituents is 1. The largest absolute Gasteiger partial charge is 0.485 e. The van der Waals surface area contributed by atoms with Crippen LogP contribution in [0.5, 0.6) is 11.5 Å². The number of non-ortho nitro benzene ring substituents is 1. The van der Waals surface area contributed by atoms with E-state index in [0.717, 1.165) is 11.3 Å². The van der Waals surface area contributed by atoms with E-state index in [-0.39, 0.29) is 18.2 Å². The molecule has 1 aliphatic rings. The van der Waals surface area contributed by atoms with Crippen LogP contribution < -0.4 is 14.8 Å². The first-order chi connectivity index (χ1) is 12.1. The molecular weight excluding hydrogens is 346 g/mol. The first-order valence-corrected chi connectivity index (χ1v) is 8.16. The summed E-state index contributed by atoms with van der Waals surface area (Å²) in [6.45, 7) is 0.0964. The van der Waals surface area contributed by atoms with Crippen molar-refractivity contribution >= 4 is 38.3 Å². The zero-order valence-corrected chi connectivity index (χ0v) is 13.5. The molecule has 0 radical (unpaired) electrons. The Bertz CT molecular complexity index is 987. The van der Waals surface area contributed by atoms with Crippen molar-refractivity contribution in [1.29, 1.82) is 0 Å². The van der Waals surface area contributed by atoms with Gasteiger partial charge in [0.1, 0.15) is 6.61 Å². The number of carbonyl (C=O) groups is 1. The van der Waals surface area contributed by atoms with E-state index in [9.17, 15) is 14.9 Å². The maximum Gasteiger partial charge on any atom is 0.270 e. The van der Waals surface area contributed by atoms with Crippen LogP contribution in [0.25, 0.3) is 10.2 Å². The highest BCUT2D eigenvalue weighted by Gasteiger charge is 2.28. The van der Waals surface area contributed by atoms with E-state index in [1.54, 1.807) is 24.3 Å². The minimum Gasteiger partial charge on any atom is -0.485 e. The quantitative estimate of drug-likeness (QED) is 0.571. The number of hydrogen-bond acceptors (Lipinski definition) is 7. The molecule has 1 aliphatic heterocycles. The molecule has 2 heterocycles. The summed E-state index contributed by atoms with van der Waals surface area (Å²) in [7, 11) is 0. The number of benzene rings is 2. The van der Waals surface area contributed by atoms with Gasteiger partial charge in [0.2, 0.25) is 6.10 Å². The summed E-state index contributed by atoms with van der Waals surface area (Å²) in [5.74, 6) is 0.718. The van der Waals surface area contributed by atoms with Gasteiger partial charge in [-0.15, -0.1) is 0 Å². The maximum atomic E-state index is 12.4. The number of para-hydroxylation sites is 2. The van der Waals surface area contributed by atoms with E-state index in [2.05, 4.69) is 10.3 Å². The number of carbonyl (C=O) groups excluding carboxylic acids is 1. The second-order valence-electron chi connectivity index (χ2n) is 5.28. The second-order valence-corrected chi connectivity index (χ2v) is 6.31. The number of nitrogens with zero attached hydrogens (tertiary/aromatic N) is 2. The van der Waals surface area contributed by atoms with Crippen molar-refractivity contribution in [2.75, 3.05) is 11.9 Å². The van der Waals surface area contributed by atoms with Gasteiger partial charge in [0, 0.05) is 12.1 Å². The number of ether oxygens (including phenoxy) is 2. The van der Waals surface area contributed by atoms with E-state index in [1.807, 2.05) is 6.07 Å². The molecule has 3 aromatic rings. The lowest BCUT2D eigenvalue weighted by Gasteiger charge is -2.25. The van der Waals surface area contributed by atoms with Crippen LogP contribution in [0.4, 0.5) is 10.8 Å². The normalized spacial score (nSPS) is 15.8. The van der Waals surface area contributed by atoms with E-state index in [1.165, 1.54) is 12.1 Å². The molecule has 1 aromatic heterocycles. The summed E-state index contributed by atoms with van der Waals surface area (Å²) in [6.07, 6.45) is -0.795. The fourth-order valence-electron chi connectivity index (χ4n) is 2.41. The third-order valence-electron chi connectivity index (χ3n) is 3.61. The lowest BCUT2D eigenvalue weighted by Crippen LogP contribution is -2.40. The third-order valence-corrected chi connectivity index (χ3v) is 4.55.